The lowest BCUT2D eigenvalue weighted by Crippen LogP contribution is -2.08. The van der Waals surface area contributed by atoms with Gasteiger partial charge in [0.2, 0.25) is 0 Å². The summed E-state index contributed by atoms with van der Waals surface area (Å²) in [4.78, 5) is 10.1. The van der Waals surface area contributed by atoms with Gasteiger partial charge in [-0.3, -0.25) is 0 Å². The molecule has 0 aliphatic carbocycles. The van der Waals surface area contributed by atoms with Gasteiger partial charge >= 0.3 is 5.97 Å². The summed E-state index contributed by atoms with van der Waals surface area (Å²) in [5.41, 5.74) is 0.689. The fourth-order valence-corrected chi connectivity index (χ4v) is 0.737. The van der Waals surface area contributed by atoms with Crippen LogP contribution in [0.15, 0.2) is 24.1 Å². The Hall–Kier alpha value is -1.16. The van der Waals surface area contributed by atoms with Gasteiger partial charge < -0.3 is 9.84 Å². The zero-order chi connectivity index (χ0) is 10.3. The molecular formula is C9H13FO3. The zero-order valence-electron chi connectivity index (χ0n) is 7.55. The molecule has 3 nitrogen and oxygen atoms in total. The third kappa shape index (κ3) is 7.21. The SMILES string of the molecule is C=C(F)C=C(CC)COCC(=O)O. The lowest BCUT2D eigenvalue weighted by atomic mass is 10.2. The maximum atomic E-state index is 12.3. The first-order chi connectivity index (χ1) is 6.06. The molecule has 0 amide bonds. The van der Waals surface area contributed by atoms with E-state index in [4.69, 9.17) is 9.84 Å². The van der Waals surface area contributed by atoms with Crippen LogP contribution in [0.2, 0.25) is 0 Å². The maximum Gasteiger partial charge on any atom is 0.329 e. The van der Waals surface area contributed by atoms with E-state index in [9.17, 15) is 9.18 Å². The van der Waals surface area contributed by atoms with E-state index in [1.54, 1.807) is 0 Å². The first-order valence-corrected chi connectivity index (χ1v) is 3.89. The van der Waals surface area contributed by atoms with Crippen LogP contribution in [0.1, 0.15) is 13.3 Å². The number of carboxylic acid groups (broad SMARTS) is 1. The summed E-state index contributed by atoms with van der Waals surface area (Å²) in [5, 5.41) is 8.24. The molecule has 74 valence electrons. The third-order valence-corrected chi connectivity index (χ3v) is 1.33. The average Bonchev–Trinajstić information content (AvgIpc) is 2.01. The van der Waals surface area contributed by atoms with Crippen molar-refractivity contribution in [3.05, 3.63) is 24.1 Å². The summed E-state index contributed by atoms with van der Waals surface area (Å²) in [6, 6.07) is 0. The van der Waals surface area contributed by atoms with E-state index < -0.39 is 11.8 Å². The van der Waals surface area contributed by atoms with E-state index in [0.717, 1.165) is 0 Å². The fourth-order valence-electron chi connectivity index (χ4n) is 0.737. The molecular weight excluding hydrogens is 175 g/mol. The summed E-state index contributed by atoms with van der Waals surface area (Å²) in [6.07, 6.45) is 1.87. The van der Waals surface area contributed by atoms with Crippen molar-refractivity contribution in [3.8, 4) is 0 Å². The smallest absolute Gasteiger partial charge is 0.329 e. The van der Waals surface area contributed by atoms with Crippen molar-refractivity contribution in [1.82, 2.24) is 0 Å². The normalized spacial score (nSPS) is 11.4. The highest BCUT2D eigenvalue weighted by Gasteiger charge is 1.99. The van der Waals surface area contributed by atoms with Gasteiger partial charge in [-0.2, -0.15) is 0 Å². The van der Waals surface area contributed by atoms with Crippen molar-refractivity contribution in [2.75, 3.05) is 13.2 Å². The molecule has 0 aromatic rings. The van der Waals surface area contributed by atoms with Crippen molar-refractivity contribution in [1.29, 1.82) is 0 Å². The number of ether oxygens (including phenoxy) is 1. The predicted molar refractivity (Wildman–Crippen MR) is 47.1 cm³/mol. The second kappa shape index (κ2) is 6.37. The van der Waals surface area contributed by atoms with Gasteiger partial charge in [0.1, 0.15) is 12.4 Å². The van der Waals surface area contributed by atoms with Crippen LogP contribution in [-0.4, -0.2) is 24.3 Å². The van der Waals surface area contributed by atoms with Gasteiger partial charge in [0.05, 0.1) is 6.61 Å². The van der Waals surface area contributed by atoms with E-state index >= 15 is 0 Å². The lowest BCUT2D eigenvalue weighted by molar-refractivity contribution is -0.141. The number of halogens is 1. The van der Waals surface area contributed by atoms with E-state index in [0.29, 0.717) is 12.0 Å². The summed E-state index contributed by atoms with van der Waals surface area (Å²) < 4.78 is 17.1. The molecule has 0 radical (unpaired) electrons. The third-order valence-electron chi connectivity index (χ3n) is 1.33. The molecule has 0 aliphatic rings. The number of allylic oxidation sites excluding steroid dienone is 2. The molecule has 0 fully saturated rings. The highest BCUT2D eigenvalue weighted by Crippen LogP contribution is 2.06. The van der Waals surface area contributed by atoms with Crippen molar-refractivity contribution in [2.24, 2.45) is 0 Å². The molecule has 4 heteroatoms. The first-order valence-electron chi connectivity index (χ1n) is 3.89. The highest BCUT2D eigenvalue weighted by molar-refractivity contribution is 5.68. The number of rotatable bonds is 6. The largest absolute Gasteiger partial charge is 0.480 e. The molecule has 0 saturated carbocycles. The Morgan fingerprint density at radius 1 is 1.62 bits per heavy atom. The van der Waals surface area contributed by atoms with Crippen molar-refractivity contribution in [2.45, 2.75) is 13.3 Å². The Morgan fingerprint density at radius 2 is 2.23 bits per heavy atom. The number of carbonyl (C=O) groups is 1. The van der Waals surface area contributed by atoms with Gasteiger partial charge in [0.25, 0.3) is 0 Å². The monoisotopic (exact) mass is 188 g/mol. The zero-order valence-corrected chi connectivity index (χ0v) is 7.55. The molecule has 0 aliphatic heterocycles. The molecule has 0 atom stereocenters. The minimum absolute atomic E-state index is 0.131. The lowest BCUT2D eigenvalue weighted by Gasteiger charge is -2.03. The van der Waals surface area contributed by atoms with Crippen LogP contribution in [0.4, 0.5) is 4.39 Å². The Labute approximate surface area is 76.5 Å². The number of hydrogen-bond acceptors (Lipinski definition) is 2. The van der Waals surface area contributed by atoms with Gasteiger partial charge in [0.15, 0.2) is 0 Å². The molecule has 0 unspecified atom stereocenters. The molecule has 13 heavy (non-hydrogen) atoms. The molecule has 0 spiro atoms. The van der Waals surface area contributed by atoms with Gasteiger partial charge in [-0.15, -0.1) is 0 Å². The second-order valence-electron chi connectivity index (χ2n) is 2.49. The standard InChI is InChI=1S/C9H13FO3/c1-3-8(4-7(2)10)5-13-6-9(11)12/h4H,2-3,5-6H2,1H3,(H,11,12). The van der Waals surface area contributed by atoms with Gasteiger partial charge in [-0.05, 0) is 18.1 Å². The number of carboxylic acids is 1. The van der Waals surface area contributed by atoms with E-state index in [-0.39, 0.29) is 13.2 Å². The van der Waals surface area contributed by atoms with Crippen molar-refractivity contribution < 1.29 is 19.0 Å². The van der Waals surface area contributed by atoms with E-state index in [1.807, 2.05) is 6.92 Å². The van der Waals surface area contributed by atoms with Crippen LogP contribution in [0.5, 0.6) is 0 Å². The maximum absolute atomic E-state index is 12.3. The Balaban J connectivity index is 3.86. The highest BCUT2D eigenvalue weighted by atomic mass is 19.1. The molecule has 1 N–H and O–H groups in total. The molecule has 0 saturated heterocycles. The average molecular weight is 188 g/mol. The van der Waals surface area contributed by atoms with Crippen molar-refractivity contribution >= 4 is 5.97 Å². The molecule has 0 bridgehead atoms. The van der Waals surface area contributed by atoms with Crippen LogP contribution >= 0.6 is 0 Å². The summed E-state index contributed by atoms with van der Waals surface area (Å²) >= 11 is 0. The fraction of sp³-hybridized carbons (Fsp3) is 0.444. The molecule has 0 aromatic heterocycles. The molecule has 0 heterocycles. The first kappa shape index (κ1) is 11.8. The molecule has 0 rings (SSSR count). The van der Waals surface area contributed by atoms with Crippen LogP contribution in [0.3, 0.4) is 0 Å². The minimum atomic E-state index is -1.03. The Bertz CT molecular complexity index is 221. The number of aliphatic carboxylic acids is 1. The van der Waals surface area contributed by atoms with Crippen molar-refractivity contribution in [3.63, 3.8) is 0 Å². The van der Waals surface area contributed by atoms with Gasteiger partial charge in [0, 0.05) is 0 Å². The van der Waals surface area contributed by atoms with Gasteiger partial charge in [-0.25, -0.2) is 9.18 Å². The second-order valence-corrected chi connectivity index (χ2v) is 2.49. The summed E-state index contributed by atoms with van der Waals surface area (Å²) in [6.45, 7) is 4.67. The summed E-state index contributed by atoms with van der Waals surface area (Å²) in [5.74, 6) is -1.58. The van der Waals surface area contributed by atoms with Crippen LogP contribution in [0.25, 0.3) is 0 Å². The Morgan fingerprint density at radius 3 is 2.62 bits per heavy atom. The predicted octanol–water partition coefficient (Wildman–Crippen LogP) is 1.91. The minimum Gasteiger partial charge on any atom is -0.480 e. The topological polar surface area (TPSA) is 46.5 Å². The van der Waals surface area contributed by atoms with Crippen LogP contribution in [0, 0.1) is 0 Å². The van der Waals surface area contributed by atoms with E-state index in [1.165, 1.54) is 6.08 Å². The van der Waals surface area contributed by atoms with Crippen LogP contribution in [-0.2, 0) is 9.53 Å². The van der Waals surface area contributed by atoms with E-state index in [2.05, 4.69) is 6.58 Å². The number of hydrogen-bond donors (Lipinski definition) is 1. The quantitative estimate of drug-likeness (QED) is 0.647. The summed E-state index contributed by atoms with van der Waals surface area (Å²) in [7, 11) is 0. The van der Waals surface area contributed by atoms with Gasteiger partial charge in [-0.1, -0.05) is 13.5 Å². The Kier molecular flexibility index (Phi) is 5.80. The van der Waals surface area contributed by atoms with Crippen LogP contribution < -0.4 is 0 Å². The molecule has 0 aromatic carbocycles.